The highest BCUT2D eigenvalue weighted by Crippen LogP contribution is 2.23. The number of hydrogen-bond donors (Lipinski definition) is 3. The Labute approximate surface area is 206 Å². The first-order chi connectivity index (χ1) is 16.2. The number of rotatable bonds is 9. The van der Waals surface area contributed by atoms with Crippen molar-refractivity contribution in [3.05, 3.63) is 58.0 Å². The molecule has 34 heavy (non-hydrogen) atoms. The number of aromatic carboxylic acids is 1. The monoisotopic (exact) mass is 528 g/mol. The van der Waals surface area contributed by atoms with Gasteiger partial charge in [0.2, 0.25) is 11.8 Å². The number of aromatic nitrogens is 3. The molecule has 0 spiro atoms. The Hall–Kier alpha value is -3.40. The molecule has 1 unspecified atom stereocenters. The van der Waals surface area contributed by atoms with Gasteiger partial charge in [0.25, 0.3) is 0 Å². The van der Waals surface area contributed by atoms with Crippen LogP contribution in [0.2, 0.25) is 0 Å². The van der Waals surface area contributed by atoms with Crippen molar-refractivity contribution in [2.24, 2.45) is 16.6 Å². The summed E-state index contributed by atoms with van der Waals surface area (Å²) in [6.07, 6.45) is 3.14. The molecular formula is C24H29BrN6O3. The predicted molar refractivity (Wildman–Crippen MR) is 138 cm³/mol. The van der Waals surface area contributed by atoms with Crippen LogP contribution in [0.25, 0.3) is 16.6 Å². The zero-order valence-electron chi connectivity index (χ0n) is 19.5. The van der Waals surface area contributed by atoms with Crippen LogP contribution in [0.4, 0.5) is 5.95 Å². The average Bonchev–Trinajstić information content (AvgIpc) is 3.10. The molecule has 0 amide bonds. The van der Waals surface area contributed by atoms with Gasteiger partial charge in [0.15, 0.2) is 0 Å². The lowest BCUT2D eigenvalue weighted by Gasteiger charge is -2.16. The Bertz CT molecular complexity index is 1250. The number of ether oxygens (including phenoxy) is 1. The van der Waals surface area contributed by atoms with Gasteiger partial charge in [-0.1, -0.05) is 22.9 Å². The lowest BCUT2D eigenvalue weighted by molar-refractivity contribution is 0.0696. The lowest BCUT2D eigenvalue weighted by Crippen LogP contribution is -2.16. The van der Waals surface area contributed by atoms with E-state index in [1.54, 1.807) is 14.0 Å². The quantitative estimate of drug-likeness (QED) is 0.278. The first-order valence-electron chi connectivity index (χ1n) is 10.9. The summed E-state index contributed by atoms with van der Waals surface area (Å²) in [7, 11) is 1.60. The maximum atomic E-state index is 11.4. The third-order valence-corrected chi connectivity index (χ3v) is 5.89. The molecule has 0 aliphatic carbocycles. The van der Waals surface area contributed by atoms with E-state index in [4.69, 9.17) is 16.2 Å². The summed E-state index contributed by atoms with van der Waals surface area (Å²) >= 11 is 3.46. The third-order valence-electron chi connectivity index (χ3n) is 5.40. The maximum Gasteiger partial charge on any atom is 0.335 e. The van der Waals surface area contributed by atoms with Gasteiger partial charge < -0.3 is 25.9 Å². The van der Waals surface area contributed by atoms with Crippen molar-refractivity contribution >= 4 is 50.4 Å². The predicted octanol–water partition coefficient (Wildman–Crippen LogP) is 4.24. The molecule has 3 rings (SSSR count). The number of imidazole rings is 1. The molecule has 0 aliphatic heterocycles. The average molecular weight is 529 g/mol. The van der Waals surface area contributed by atoms with Crippen LogP contribution in [0, 0.1) is 12.8 Å². The molecule has 5 N–H and O–H groups in total. The molecule has 0 fully saturated rings. The number of carbonyl (C=O) groups is 1. The van der Waals surface area contributed by atoms with Gasteiger partial charge in [0, 0.05) is 30.0 Å². The van der Waals surface area contributed by atoms with Gasteiger partial charge in [-0.05, 0) is 56.0 Å². The molecule has 3 aromatic rings. The third kappa shape index (κ3) is 5.93. The number of benzene rings is 1. The zero-order chi connectivity index (χ0) is 24.8. The van der Waals surface area contributed by atoms with E-state index in [0.29, 0.717) is 35.4 Å². The molecule has 180 valence electrons. The van der Waals surface area contributed by atoms with Crippen LogP contribution in [-0.4, -0.2) is 45.2 Å². The number of nitrogen functional groups attached to an aromatic ring is 1. The summed E-state index contributed by atoms with van der Waals surface area (Å²) in [5.74, 6) is 0.0216. The van der Waals surface area contributed by atoms with Gasteiger partial charge in [-0.3, -0.25) is 9.98 Å². The highest BCUT2D eigenvalue weighted by atomic mass is 79.9. The second-order valence-corrected chi connectivity index (χ2v) is 9.03. The van der Waals surface area contributed by atoms with E-state index in [1.165, 1.54) is 18.3 Å². The summed E-state index contributed by atoms with van der Waals surface area (Å²) in [4.78, 5) is 24.5. The number of aryl methyl sites for hydroxylation is 2. The molecule has 2 aromatic heterocycles. The number of nitrogens with zero attached hydrogens (tertiary/aromatic N) is 4. The minimum Gasteiger partial charge on any atom is -0.478 e. The van der Waals surface area contributed by atoms with Crippen LogP contribution >= 0.6 is 15.9 Å². The molecule has 0 aliphatic rings. The topological polar surface area (TPSA) is 142 Å². The fourth-order valence-corrected chi connectivity index (χ4v) is 4.07. The summed E-state index contributed by atoms with van der Waals surface area (Å²) in [6, 6.07) is 8.91. The number of carboxylic acids is 1. The van der Waals surface area contributed by atoms with E-state index in [0.717, 1.165) is 34.9 Å². The van der Waals surface area contributed by atoms with Crippen molar-refractivity contribution in [2.75, 3.05) is 19.4 Å². The first-order valence-corrected chi connectivity index (χ1v) is 11.7. The Balaban J connectivity index is 1.60. The Morgan fingerprint density at radius 1 is 1.32 bits per heavy atom. The minimum absolute atomic E-state index is 0.129. The van der Waals surface area contributed by atoms with Gasteiger partial charge in [0.1, 0.15) is 0 Å². The van der Waals surface area contributed by atoms with Crippen LogP contribution in [0.1, 0.15) is 41.5 Å². The zero-order valence-corrected chi connectivity index (χ0v) is 21.0. The van der Waals surface area contributed by atoms with Crippen molar-refractivity contribution < 1.29 is 14.6 Å². The highest BCUT2D eigenvalue weighted by Gasteiger charge is 2.17. The largest absolute Gasteiger partial charge is 0.478 e. The van der Waals surface area contributed by atoms with E-state index < -0.39 is 5.97 Å². The molecular weight excluding hydrogens is 500 g/mol. The van der Waals surface area contributed by atoms with Crippen molar-refractivity contribution in [2.45, 2.75) is 33.2 Å². The number of carboxylic acid groups (broad SMARTS) is 1. The van der Waals surface area contributed by atoms with Gasteiger partial charge in [0.05, 0.1) is 34.5 Å². The van der Waals surface area contributed by atoms with Gasteiger partial charge in [-0.15, -0.1) is 0 Å². The molecule has 10 heteroatoms. The SMILES string of the molecule is CN=C(OCC(C)CCCn1c(N)nc2cc(Br)ccc21)/C(=C\N)c1cc(C(=O)O)cc(C)n1. The minimum atomic E-state index is -1.04. The number of hydrogen-bond acceptors (Lipinski definition) is 7. The molecule has 0 saturated carbocycles. The van der Waals surface area contributed by atoms with Crippen LogP contribution in [0.15, 0.2) is 46.0 Å². The van der Waals surface area contributed by atoms with Crippen LogP contribution in [0.3, 0.4) is 0 Å². The van der Waals surface area contributed by atoms with Crippen molar-refractivity contribution in [1.82, 2.24) is 14.5 Å². The summed E-state index contributed by atoms with van der Waals surface area (Å²) in [5.41, 5.74) is 15.4. The summed E-state index contributed by atoms with van der Waals surface area (Å²) < 4.78 is 8.95. The second-order valence-electron chi connectivity index (χ2n) is 8.11. The first kappa shape index (κ1) is 25.2. The fraction of sp³-hybridized carbons (Fsp3) is 0.333. The molecule has 0 bridgehead atoms. The maximum absolute atomic E-state index is 11.4. The van der Waals surface area contributed by atoms with E-state index >= 15 is 0 Å². The highest BCUT2D eigenvalue weighted by molar-refractivity contribution is 9.10. The van der Waals surface area contributed by atoms with Crippen LogP contribution < -0.4 is 11.5 Å². The molecule has 1 aromatic carbocycles. The lowest BCUT2D eigenvalue weighted by atomic mass is 10.1. The Morgan fingerprint density at radius 3 is 2.76 bits per heavy atom. The normalized spacial score (nSPS) is 13.3. The Kier molecular flexibility index (Phi) is 8.27. The number of fused-ring (bicyclic) bond motifs is 1. The molecule has 2 heterocycles. The number of aliphatic imine (C=N–C) groups is 1. The number of pyridine rings is 1. The van der Waals surface area contributed by atoms with E-state index in [1.807, 2.05) is 22.8 Å². The van der Waals surface area contributed by atoms with Gasteiger partial charge in [-0.25, -0.2) is 9.78 Å². The molecule has 0 radical (unpaired) electrons. The van der Waals surface area contributed by atoms with E-state index in [9.17, 15) is 9.90 Å². The fourth-order valence-electron chi connectivity index (χ4n) is 3.72. The van der Waals surface area contributed by atoms with Gasteiger partial charge >= 0.3 is 5.97 Å². The number of nitrogens with two attached hydrogens (primary N) is 2. The van der Waals surface area contributed by atoms with Crippen LogP contribution in [-0.2, 0) is 11.3 Å². The standard InChI is InChI=1S/C24H29BrN6O3/c1-14(5-4-8-31-21-7-6-17(25)11-20(21)30-24(31)27)13-34-22(28-3)18(12-26)19-10-16(23(32)33)9-15(2)29-19/h6-7,9-12,14H,4-5,8,13,26H2,1-3H3,(H2,27,30)(H,32,33)/b18-12-,28-22?. The molecule has 0 saturated heterocycles. The smallest absolute Gasteiger partial charge is 0.335 e. The summed E-state index contributed by atoms with van der Waals surface area (Å²) in [6.45, 7) is 5.00. The number of anilines is 1. The molecule has 1 atom stereocenters. The Morgan fingerprint density at radius 2 is 2.09 bits per heavy atom. The van der Waals surface area contributed by atoms with Gasteiger partial charge in [-0.2, -0.15) is 0 Å². The van der Waals surface area contributed by atoms with Crippen molar-refractivity contribution in [3.63, 3.8) is 0 Å². The van der Waals surface area contributed by atoms with E-state index in [-0.39, 0.29) is 11.5 Å². The second kappa shape index (κ2) is 11.1. The molecule has 9 nitrogen and oxygen atoms in total. The van der Waals surface area contributed by atoms with E-state index in [2.05, 4.69) is 37.8 Å². The number of halogens is 1. The summed E-state index contributed by atoms with van der Waals surface area (Å²) in [5, 5.41) is 9.34. The van der Waals surface area contributed by atoms with Crippen molar-refractivity contribution in [3.8, 4) is 0 Å². The van der Waals surface area contributed by atoms with Crippen LogP contribution in [0.5, 0.6) is 0 Å². The van der Waals surface area contributed by atoms with Crippen molar-refractivity contribution in [1.29, 1.82) is 0 Å².